The van der Waals surface area contributed by atoms with Crippen LogP contribution in [0.15, 0.2) is 12.4 Å². The number of carbonyl (C=O) groups excluding carboxylic acids is 2. The number of ketones is 1. The number of aromatic nitrogens is 2. The fraction of sp³-hybridized carbons (Fsp3) is 0.821. The minimum absolute atomic E-state index is 0.0684. The second-order valence-corrected chi connectivity index (χ2v) is 12.8. The Morgan fingerprint density at radius 3 is 2.52 bits per heavy atom. The van der Waals surface area contributed by atoms with Crippen molar-refractivity contribution in [3.05, 3.63) is 18.0 Å². The van der Waals surface area contributed by atoms with Crippen LogP contribution >= 0.6 is 0 Å². The molecular formula is C28H43N3O2. The van der Waals surface area contributed by atoms with Crippen LogP contribution in [0.5, 0.6) is 0 Å². The summed E-state index contributed by atoms with van der Waals surface area (Å²) in [5, 5.41) is 4.33. The minimum Gasteiger partial charge on any atom is -0.345 e. The van der Waals surface area contributed by atoms with Gasteiger partial charge in [-0.1, -0.05) is 27.2 Å². The molecule has 0 radical (unpaired) electrons. The lowest BCUT2D eigenvalue weighted by atomic mass is 9.44. The van der Waals surface area contributed by atoms with Crippen LogP contribution in [-0.4, -0.2) is 40.5 Å². The number of nitrogens with zero attached hydrogens (tertiary/aromatic N) is 3. The molecule has 0 spiro atoms. The third-order valence-electron chi connectivity index (χ3n) is 10.9. The molecule has 0 aliphatic heterocycles. The average Bonchev–Trinajstić information content (AvgIpc) is 3.37. The van der Waals surface area contributed by atoms with Gasteiger partial charge in [0.15, 0.2) is 5.78 Å². The highest BCUT2D eigenvalue weighted by Gasteiger charge is 2.60. The van der Waals surface area contributed by atoms with E-state index in [0.29, 0.717) is 29.2 Å². The zero-order valence-electron chi connectivity index (χ0n) is 21.3. The van der Waals surface area contributed by atoms with Gasteiger partial charge in [0.2, 0.25) is 0 Å². The molecule has 4 fully saturated rings. The van der Waals surface area contributed by atoms with Gasteiger partial charge in [-0.05, 0) is 91.8 Å². The number of hydrogen-bond donors (Lipinski definition) is 0. The highest BCUT2D eigenvalue weighted by molar-refractivity contribution is 5.93. The molecule has 33 heavy (non-hydrogen) atoms. The summed E-state index contributed by atoms with van der Waals surface area (Å²) in [6, 6.07) is 0. The zero-order valence-corrected chi connectivity index (χ0v) is 21.3. The van der Waals surface area contributed by atoms with Crippen molar-refractivity contribution in [3.63, 3.8) is 0 Å². The van der Waals surface area contributed by atoms with Crippen LogP contribution in [0.3, 0.4) is 0 Å². The van der Waals surface area contributed by atoms with Gasteiger partial charge in [0.05, 0.1) is 18.3 Å². The molecule has 4 saturated carbocycles. The first kappa shape index (κ1) is 23.1. The monoisotopic (exact) mass is 453 g/mol. The molecule has 4 aliphatic carbocycles. The number of Topliss-reactive ketones (excluding diaryl/α,β-unsaturated/α-hetero) is 1. The maximum absolute atomic E-state index is 13.5. The van der Waals surface area contributed by atoms with Crippen LogP contribution in [0.1, 0.15) is 88.9 Å². The van der Waals surface area contributed by atoms with E-state index in [0.717, 1.165) is 30.1 Å². The normalized spacial score (nSPS) is 42.2. The van der Waals surface area contributed by atoms with Crippen molar-refractivity contribution < 1.29 is 9.59 Å². The minimum atomic E-state index is -0.0684. The molecule has 0 aromatic carbocycles. The number of carbonyl (C=O) groups is 2. The molecule has 1 amide bonds. The largest absolute Gasteiger partial charge is 0.345 e. The van der Waals surface area contributed by atoms with E-state index in [2.05, 4.69) is 25.9 Å². The molecule has 4 aliphatic rings. The van der Waals surface area contributed by atoms with E-state index >= 15 is 0 Å². The molecule has 5 heteroatoms. The lowest BCUT2D eigenvalue weighted by Gasteiger charge is -2.61. The second kappa shape index (κ2) is 8.23. The van der Waals surface area contributed by atoms with Crippen LogP contribution in [0.4, 0.5) is 0 Å². The molecular weight excluding hydrogens is 410 g/mol. The molecule has 0 N–H and O–H groups in total. The van der Waals surface area contributed by atoms with Gasteiger partial charge in [0, 0.05) is 26.2 Å². The first-order chi connectivity index (χ1) is 15.6. The Balaban J connectivity index is 1.30. The fourth-order valence-corrected chi connectivity index (χ4v) is 9.09. The van der Waals surface area contributed by atoms with Crippen molar-refractivity contribution in [2.45, 2.75) is 85.1 Å². The van der Waals surface area contributed by atoms with E-state index in [1.165, 1.54) is 51.4 Å². The summed E-state index contributed by atoms with van der Waals surface area (Å²) >= 11 is 0. The number of amides is 1. The Morgan fingerprint density at radius 1 is 1.03 bits per heavy atom. The zero-order chi connectivity index (χ0) is 23.5. The Hall–Kier alpha value is -1.65. The van der Waals surface area contributed by atoms with E-state index in [4.69, 9.17) is 0 Å². The molecule has 8 atom stereocenters. The van der Waals surface area contributed by atoms with Gasteiger partial charge in [-0.3, -0.25) is 14.3 Å². The number of rotatable bonds is 4. The topological polar surface area (TPSA) is 55.2 Å². The van der Waals surface area contributed by atoms with Gasteiger partial charge in [0.1, 0.15) is 0 Å². The van der Waals surface area contributed by atoms with E-state index in [9.17, 15) is 9.59 Å². The first-order valence-electron chi connectivity index (χ1n) is 13.4. The molecule has 7 unspecified atom stereocenters. The van der Waals surface area contributed by atoms with Gasteiger partial charge in [-0.2, -0.15) is 5.10 Å². The molecule has 0 saturated heterocycles. The number of fused-ring (bicyclic) bond motifs is 5. The SMILES string of the molecule is CC1CC[C@@]2(C)C(CCC3C4CCC(C(=O)Cn5cc(C(=O)N(C)C)cn5)C4(C)CCC32)C1. The van der Waals surface area contributed by atoms with Crippen LogP contribution < -0.4 is 0 Å². The summed E-state index contributed by atoms with van der Waals surface area (Å²) in [6.07, 6.45) is 15.1. The Labute approximate surface area is 199 Å². The molecule has 5 rings (SSSR count). The summed E-state index contributed by atoms with van der Waals surface area (Å²) in [5.41, 5.74) is 1.22. The van der Waals surface area contributed by atoms with Crippen LogP contribution in [0.2, 0.25) is 0 Å². The molecule has 5 nitrogen and oxygen atoms in total. The van der Waals surface area contributed by atoms with Gasteiger partial charge in [0.25, 0.3) is 5.91 Å². The third kappa shape index (κ3) is 3.69. The van der Waals surface area contributed by atoms with E-state index in [-0.39, 0.29) is 17.2 Å². The van der Waals surface area contributed by atoms with Gasteiger partial charge >= 0.3 is 0 Å². The predicted molar refractivity (Wildman–Crippen MR) is 130 cm³/mol. The van der Waals surface area contributed by atoms with Crippen LogP contribution in [0.25, 0.3) is 0 Å². The highest BCUT2D eigenvalue weighted by atomic mass is 16.2. The molecule has 182 valence electrons. The van der Waals surface area contributed by atoms with Gasteiger partial charge in [-0.25, -0.2) is 0 Å². The summed E-state index contributed by atoms with van der Waals surface area (Å²) in [6.45, 7) is 7.81. The lowest BCUT2D eigenvalue weighted by Crippen LogP contribution is -2.53. The van der Waals surface area contributed by atoms with Crippen molar-refractivity contribution in [1.29, 1.82) is 0 Å². The lowest BCUT2D eigenvalue weighted by molar-refractivity contribution is -0.137. The Kier molecular flexibility index (Phi) is 5.77. The quantitative estimate of drug-likeness (QED) is 0.609. The van der Waals surface area contributed by atoms with Crippen molar-refractivity contribution in [2.24, 2.45) is 46.3 Å². The third-order valence-corrected chi connectivity index (χ3v) is 10.9. The summed E-state index contributed by atoms with van der Waals surface area (Å²) in [4.78, 5) is 27.3. The number of hydrogen-bond acceptors (Lipinski definition) is 3. The Morgan fingerprint density at radius 2 is 1.76 bits per heavy atom. The van der Waals surface area contributed by atoms with Crippen molar-refractivity contribution in [3.8, 4) is 0 Å². The second-order valence-electron chi connectivity index (χ2n) is 12.8. The molecule has 1 aromatic rings. The van der Waals surface area contributed by atoms with Gasteiger partial charge < -0.3 is 4.90 Å². The van der Waals surface area contributed by atoms with Crippen molar-refractivity contribution >= 4 is 11.7 Å². The molecule has 1 heterocycles. The van der Waals surface area contributed by atoms with Crippen LogP contribution in [0, 0.1) is 46.3 Å². The van der Waals surface area contributed by atoms with E-state index < -0.39 is 0 Å². The van der Waals surface area contributed by atoms with Crippen LogP contribution in [-0.2, 0) is 11.3 Å². The first-order valence-corrected chi connectivity index (χ1v) is 13.4. The average molecular weight is 454 g/mol. The predicted octanol–water partition coefficient (Wildman–Crippen LogP) is 5.45. The summed E-state index contributed by atoms with van der Waals surface area (Å²) in [5.74, 6) is 4.58. The Bertz CT molecular complexity index is 922. The van der Waals surface area contributed by atoms with E-state index in [1.54, 1.807) is 36.1 Å². The maximum Gasteiger partial charge on any atom is 0.256 e. The van der Waals surface area contributed by atoms with Crippen molar-refractivity contribution in [2.75, 3.05) is 14.1 Å². The van der Waals surface area contributed by atoms with E-state index in [1.807, 2.05) is 0 Å². The van der Waals surface area contributed by atoms with Crippen molar-refractivity contribution in [1.82, 2.24) is 14.7 Å². The highest BCUT2D eigenvalue weighted by Crippen LogP contribution is 2.67. The standard InChI is InChI=1S/C28H43N3O2/c1-18-10-12-27(2)20(14-18)6-7-21-22-8-9-24(28(22,3)13-11-23(21)27)25(32)17-31-16-19(15-29-31)26(33)30(4)5/h15-16,18,20-24H,6-14,17H2,1-5H3/t18?,20?,21?,22?,23?,24?,27-,28?/m0/s1. The molecule has 0 bridgehead atoms. The molecule has 1 aromatic heterocycles. The summed E-state index contributed by atoms with van der Waals surface area (Å²) < 4.78 is 1.68. The summed E-state index contributed by atoms with van der Waals surface area (Å²) in [7, 11) is 3.48. The smallest absolute Gasteiger partial charge is 0.256 e. The fourth-order valence-electron chi connectivity index (χ4n) is 9.09. The maximum atomic E-state index is 13.5. The van der Waals surface area contributed by atoms with Gasteiger partial charge in [-0.15, -0.1) is 0 Å².